The van der Waals surface area contributed by atoms with E-state index in [1.807, 2.05) is 42.5 Å². The number of carbonyl (C=O) groups is 1. The zero-order chi connectivity index (χ0) is 17.1. The summed E-state index contributed by atoms with van der Waals surface area (Å²) in [4.78, 5) is 24.8. The van der Waals surface area contributed by atoms with Gasteiger partial charge in [-0.05, 0) is 36.8 Å². The first-order valence-corrected chi connectivity index (χ1v) is 8.38. The molecule has 0 aliphatic carbocycles. The Labute approximate surface area is 143 Å². The van der Waals surface area contributed by atoms with Gasteiger partial charge in [-0.15, -0.1) is 0 Å². The molecule has 1 aromatic heterocycles. The third kappa shape index (κ3) is 3.19. The Bertz CT molecular complexity index is 929. The van der Waals surface area contributed by atoms with Gasteiger partial charge in [0.15, 0.2) is 0 Å². The van der Waals surface area contributed by atoms with Gasteiger partial charge in [-0.3, -0.25) is 13.5 Å². The van der Waals surface area contributed by atoms with E-state index in [9.17, 15) is 9.59 Å². The highest BCUT2D eigenvalue weighted by Gasteiger charge is 2.19. The fraction of sp³-hybridized carbons (Fsp3) is 0.222. The van der Waals surface area contributed by atoms with Crippen molar-refractivity contribution in [1.29, 1.82) is 0 Å². The molecule has 24 heavy (non-hydrogen) atoms. The molecule has 3 rings (SSSR count). The van der Waals surface area contributed by atoms with Gasteiger partial charge in [-0.2, -0.15) is 0 Å². The average Bonchev–Trinajstić information content (AvgIpc) is 2.96. The van der Waals surface area contributed by atoms with Gasteiger partial charge >= 0.3 is 0 Å². The molecule has 1 amide bonds. The molecule has 1 atom stereocenters. The number of nitrogens with zero attached hydrogens (tertiary/aromatic N) is 1. The topological polar surface area (TPSA) is 60.3 Å². The van der Waals surface area contributed by atoms with Crippen LogP contribution in [0.2, 0.25) is 0 Å². The van der Waals surface area contributed by atoms with E-state index < -0.39 is 6.04 Å². The molecule has 3 aromatic rings. The molecule has 1 heterocycles. The molecule has 6 heteroatoms. The smallest absolute Gasteiger partial charge is 0.269 e. The van der Waals surface area contributed by atoms with E-state index in [0.29, 0.717) is 11.9 Å². The lowest BCUT2D eigenvalue weighted by Gasteiger charge is -2.12. The van der Waals surface area contributed by atoms with E-state index in [2.05, 4.69) is 5.32 Å². The number of hydrogen-bond acceptors (Lipinski definition) is 4. The largest absolute Gasteiger partial charge is 0.497 e. The molecular weight excluding hydrogens is 324 g/mol. The zero-order valence-electron chi connectivity index (χ0n) is 13.5. The molecule has 1 N–H and O–H groups in total. The number of benzene rings is 2. The lowest BCUT2D eigenvalue weighted by Crippen LogP contribution is -2.33. The van der Waals surface area contributed by atoms with Gasteiger partial charge in [0.2, 0.25) is 5.91 Å². The van der Waals surface area contributed by atoms with Crippen LogP contribution in [-0.4, -0.2) is 17.0 Å². The van der Waals surface area contributed by atoms with Crippen molar-refractivity contribution in [3.05, 3.63) is 64.4 Å². The highest BCUT2D eigenvalue weighted by Crippen LogP contribution is 2.19. The fourth-order valence-corrected chi connectivity index (χ4v) is 3.51. The Morgan fingerprint density at radius 2 is 2.04 bits per heavy atom. The third-order valence-corrected chi connectivity index (χ3v) is 5.08. The van der Waals surface area contributed by atoms with Crippen molar-refractivity contribution in [1.82, 2.24) is 9.27 Å². The number of ether oxygens (including phenoxy) is 1. The van der Waals surface area contributed by atoms with Gasteiger partial charge in [-0.25, -0.2) is 0 Å². The van der Waals surface area contributed by atoms with E-state index in [4.69, 9.17) is 4.74 Å². The van der Waals surface area contributed by atoms with E-state index >= 15 is 0 Å². The molecule has 0 spiro atoms. The quantitative estimate of drug-likeness (QED) is 0.775. The Balaban J connectivity index is 1.74. The summed E-state index contributed by atoms with van der Waals surface area (Å²) in [6.07, 6.45) is 0. The Morgan fingerprint density at radius 3 is 2.79 bits per heavy atom. The predicted molar refractivity (Wildman–Crippen MR) is 95.6 cm³/mol. The molecular formula is C18H18N2O3S. The average molecular weight is 342 g/mol. The van der Waals surface area contributed by atoms with Crippen LogP contribution >= 0.6 is 11.5 Å². The van der Waals surface area contributed by atoms with Crippen LogP contribution in [0.3, 0.4) is 0 Å². The number of amides is 1. The van der Waals surface area contributed by atoms with E-state index in [1.165, 1.54) is 15.5 Å². The predicted octanol–water partition coefficient (Wildman–Crippen LogP) is 2.95. The minimum atomic E-state index is -0.555. The first-order chi connectivity index (χ1) is 11.6. The number of rotatable bonds is 5. The third-order valence-electron chi connectivity index (χ3n) is 3.85. The van der Waals surface area contributed by atoms with Gasteiger partial charge in [0, 0.05) is 6.54 Å². The minimum absolute atomic E-state index is 0.125. The van der Waals surface area contributed by atoms with Crippen LogP contribution in [0.25, 0.3) is 10.1 Å². The monoisotopic (exact) mass is 342 g/mol. The molecule has 0 radical (unpaired) electrons. The number of methoxy groups -OCH3 is 1. The van der Waals surface area contributed by atoms with Crippen LogP contribution < -0.4 is 15.6 Å². The van der Waals surface area contributed by atoms with Crippen molar-refractivity contribution in [3.63, 3.8) is 0 Å². The van der Waals surface area contributed by atoms with Crippen LogP contribution in [0.1, 0.15) is 18.5 Å². The van der Waals surface area contributed by atoms with Crippen molar-refractivity contribution in [2.24, 2.45) is 0 Å². The maximum Gasteiger partial charge on any atom is 0.269 e. The summed E-state index contributed by atoms with van der Waals surface area (Å²) in [6.45, 7) is 2.12. The highest BCUT2D eigenvalue weighted by atomic mass is 32.1. The molecule has 0 bridgehead atoms. The summed E-state index contributed by atoms with van der Waals surface area (Å²) in [5.41, 5.74) is 0.818. The van der Waals surface area contributed by atoms with Gasteiger partial charge < -0.3 is 10.1 Å². The lowest BCUT2D eigenvalue weighted by molar-refractivity contribution is -0.123. The minimum Gasteiger partial charge on any atom is -0.497 e. The van der Waals surface area contributed by atoms with Gasteiger partial charge in [0.1, 0.15) is 11.8 Å². The molecule has 0 saturated heterocycles. The summed E-state index contributed by atoms with van der Waals surface area (Å²) in [6, 6.07) is 14.3. The van der Waals surface area contributed by atoms with Gasteiger partial charge in [0.25, 0.3) is 5.56 Å². The van der Waals surface area contributed by atoms with Crippen LogP contribution in [0.15, 0.2) is 53.3 Å². The van der Waals surface area contributed by atoms with Crippen LogP contribution in [0, 0.1) is 0 Å². The molecule has 1 unspecified atom stereocenters. The second kappa shape index (κ2) is 6.88. The maximum absolute atomic E-state index is 12.4. The number of nitrogens with one attached hydrogen (secondary N) is 1. The molecule has 0 aliphatic rings. The number of hydrogen-bond donors (Lipinski definition) is 1. The molecule has 2 aromatic carbocycles. The second-order valence-corrected chi connectivity index (χ2v) is 6.48. The summed E-state index contributed by atoms with van der Waals surface area (Å²) in [7, 11) is 1.60. The van der Waals surface area contributed by atoms with Crippen LogP contribution in [-0.2, 0) is 11.3 Å². The summed E-state index contributed by atoms with van der Waals surface area (Å²) < 4.78 is 7.57. The first kappa shape index (κ1) is 16.3. The Morgan fingerprint density at radius 1 is 1.25 bits per heavy atom. The van der Waals surface area contributed by atoms with Crippen LogP contribution in [0.4, 0.5) is 0 Å². The highest BCUT2D eigenvalue weighted by molar-refractivity contribution is 7.14. The van der Waals surface area contributed by atoms with Gasteiger partial charge in [0.05, 0.1) is 17.2 Å². The van der Waals surface area contributed by atoms with Crippen LogP contribution in [0.5, 0.6) is 5.75 Å². The molecule has 0 aliphatic heterocycles. The SMILES string of the molecule is COc1cccc(CNC(=O)C(C)n2sc3ccccc3c2=O)c1. The van der Waals surface area contributed by atoms with E-state index in [1.54, 1.807) is 20.1 Å². The van der Waals surface area contributed by atoms with Crippen molar-refractivity contribution >= 4 is 27.5 Å². The number of carbonyl (C=O) groups excluding carboxylic acids is 1. The van der Waals surface area contributed by atoms with Crippen molar-refractivity contribution in [2.45, 2.75) is 19.5 Å². The second-order valence-electron chi connectivity index (χ2n) is 5.46. The van der Waals surface area contributed by atoms with Crippen molar-refractivity contribution < 1.29 is 9.53 Å². The van der Waals surface area contributed by atoms with Gasteiger partial charge in [-0.1, -0.05) is 35.8 Å². The normalized spacial score (nSPS) is 12.1. The number of fused-ring (bicyclic) bond motifs is 1. The first-order valence-electron chi connectivity index (χ1n) is 7.61. The summed E-state index contributed by atoms with van der Waals surface area (Å²) in [5.74, 6) is 0.557. The fourth-order valence-electron chi connectivity index (χ4n) is 2.47. The Kier molecular flexibility index (Phi) is 4.66. The van der Waals surface area contributed by atoms with Crippen molar-refractivity contribution in [3.8, 4) is 5.75 Å². The molecule has 0 saturated carbocycles. The number of aromatic nitrogens is 1. The summed E-state index contributed by atoms with van der Waals surface area (Å²) in [5, 5.41) is 3.52. The van der Waals surface area contributed by atoms with E-state index in [-0.39, 0.29) is 11.5 Å². The standard InChI is InChI=1S/C18H18N2O3S/c1-12(20-18(22)15-8-3-4-9-16(15)24-20)17(21)19-11-13-6-5-7-14(10-13)23-2/h3-10,12H,11H2,1-2H3,(H,19,21). The summed E-state index contributed by atoms with van der Waals surface area (Å²) >= 11 is 1.31. The molecule has 124 valence electrons. The van der Waals surface area contributed by atoms with E-state index in [0.717, 1.165) is 16.0 Å². The molecule has 0 fully saturated rings. The van der Waals surface area contributed by atoms with Crippen molar-refractivity contribution in [2.75, 3.05) is 7.11 Å². The Hall–Kier alpha value is -2.60. The lowest BCUT2D eigenvalue weighted by atomic mass is 10.2. The zero-order valence-corrected chi connectivity index (χ0v) is 14.3. The maximum atomic E-state index is 12.4. The molecule has 5 nitrogen and oxygen atoms in total.